The van der Waals surface area contributed by atoms with E-state index in [4.69, 9.17) is 0 Å². The van der Waals surface area contributed by atoms with Crippen molar-refractivity contribution in [3.63, 3.8) is 0 Å². The Morgan fingerprint density at radius 1 is 0.952 bits per heavy atom. The summed E-state index contributed by atoms with van der Waals surface area (Å²) >= 11 is 0. The van der Waals surface area contributed by atoms with Crippen LogP contribution in [0, 0.1) is 5.92 Å². The molecule has 21 heavy (non-hydrogen) atoms. The van der Waals surface area contributed by atoms with E-state index in [1.165, 1.54) is 29.5 Å². The summed E-state index contributed by atoms with van der Waals surface area (Å²) in [6, 6.07) is 14.9. The van der Waals surface area contributed by atoms with E-state index in [1.54, 1.807) is 0 Å². The zero-order chi connectivity index (χ0) is 14.8. The monoisotopic (exact) mass is 280 g/mol. The average molecular weight is 280 g/mol. The van der Waals surface area contributed by atoms with Crippen molar-refractivity contribution in [2.45, 2.75) is 45.6 Å². The van der Waals surface area contributed by atoms with Crippen LogP contribution < -0.4 is 0 Å². The molecule has 1 aliphatic carbocycles. The highest BCUT2D eigenvalue weighted by atomic mass is 16.3. The molecular formula is C20H24O. The molecule has 110 valence electrons. The minimum Gasteiger partial charge on any atom is -0.384 e. The number of hydrogen-bond donors (Lipinski definition) is 1. The molecule has 0 heterocycles. The van der Waals surface area contributed by atoms with Gasteiger partial charge in [-0.3, -0.25) is 0 Å². The Morgan fingerprint density at radius 2 is 1.71 bits per heavy atom. The van der Waals surface area contributed by atoms with E-state index >= 15 is 0 Å². The third kappa shape index (κ3) is 3.19. The Hall–Kier alpha value is -1.60. The Bertz CT molecular complexity index is 627. The highest BCUT2D eigenvalue weighted by molar-refractivity contribution is 5.39. The van der Waals surface area contributed by atoms with E-state index in [-0.39, 0.29) is 0 Å². The lowest BCUT2D eigenvalue weighted by molar-refractivity contribution is 0.220. The first-order valence-electron chi connectivity index (χ1n) is 8.02. The highest BCUT2D eigenvalue weighted by Gasteiger charge is 2.16. The van der Waals surface area contributed by atoms with Gasteiger partial charge < -0.3 is 5.11 Å². The molecule has 0 amide bonds. The molecule has 0 fully saturated rings. The molecule has 1 heteroatoms. The van der Waals surface area contributed by atoms with Gasteiger partial charge in [0.05, 0.1) is 0 Å². The van der Waals surface area contributed by atoms with Crippen molar-refractivity contribution in [1.82, 2.24) is 0 Å². The van der Waals surface area contributed by atoms with Crippen molar-refractivity contribution < 1.29 is 5.11 Å². The molecule has 0 saturated heterocycles. The topological polar surface area (TPSA) is 20.2 Å². The van der Waals surface area contributed by atoms with E-state index in [2.05, 4.69) is 50.2 Å². The molecule has 1 aliphatic rings. The van der Waals surface area contributed by atoms with Crippen molar-refractivity contribution >= 4 is 0 Å². The third-order valence-corrected chi connectivity index (χ3v) is 4.35. The summed E-state index contributed by atoms with van der Waals surface area (Å²) in [5.41, 5.74) is 6.22. The number of aliphatic hydroxyl groups excluding tert-OH is 1. The largest absolute Gasteiger partial charge is 0.384 e. The fraction of sp³-hybridized carbons (Fsp3) is 0.400. The normalized spacial score (nSPS) is 15.2. The van der Waals surface area contributed by atoms with Crippen molar-refractivity contribution in [3.8, 4) is 0 Å². The fourth-order valence-corrected chi connectivity index (χ4v) is 3.32. The zero-order valence-electron chi connectivity index (χ0n) is 13.0. The van der Waals surface area contributed by atoms with Crippen LogP contribution in [0.2, 0.25) is 0 Å². The van der Waals surface area contributed by atoms with Gasteiger partial charge in [0.2, 0.25) is 0 Å². The van der Waals surface area contributed by atoms with E-state index in [1.807, 2.05) is 6.07 Å². The van der Waals surface area contributed by atoms with Crippen molar-refractivity contribution in [2.75, 3.05) is 0 Å². The number of rotatable bonds is 4. The van der Waals surface area contributed by atoms with E-state index in [0.717, 1.165) is 24.0 Å². The van der Waals surface area contributed by atoms with Crippen LogP contribution in [0.3, 0.4) is 0 Å². The average Bonchev–Trinajstić information content (AvgIpc) is 2.93. The van der Waals surface area contributed by atoms with Crippen molar-refractivity contribution in [1.29, 1.82) is 0 Å². The quantitative estimate of drug-likeness (QED) is 0.877. The number of hydrogen-bond acceptors (Lipinski definition) is 1. The summed E-state index contributed by atoms with van der Waals surface area (Å²) in [4.78, 5) is 0. The molecule has 1 N–H and O–H groups in total. The molecule has 2 aromatic carbocycles. The van der Waals surface area contributed by atoms with Gasteiger partial charge in [-0.15, -0.1) is 0 Å². The first-order chi connectivity index (χ1) is 10.1. The van der Waals surface area contributed by atoms with Crippen LogP contribution in [0.15, 0.2) is 42.5 Å². The molecule has 1 atom stereocenters. The van der Waals surface area contributed by atoms with Gasteiger partial charge in [0, 0.05) is 0 Å². The maximum Gasteiger partial charge on any atom is 0.104 e. The standard InChI is InChI=1S/C20H24O/c1-14(2)11-15-5-3-8-18(12-15)20(21)19-10-9-16-6-4-7-17(16)13-19/h3,5,8-10,12-14,20-21H,4,6-7,11H2,1-2H3. The second kappa shape index (κ2) is 6.03. The van der Waals surface area contributed by atoms with Crippen LogP contribution in [0.25, 0.3) is 0 Å². The number of aliphatic hydroxyl groups is 1. The molecule has 1 nitrogen and oxygen atoms in total. The molecule has 0 spiro atoms. The minimum absolute atomic E-state index is 0.511. The lowest BCUT2D eigenvalue weighted by atomic mass is 9.95. The van der Waals surface area contributed by atoms with E-state index in [0.29, 0.717) is 5.92 Å². The van der Waals surface area contributed by atoms with Gasteiger partial charge in [-0.05, 0) is 59.4 Å². The van der Waals surface area contributed by atoms with E-state index < -0.39 is 6.10 Å². The molecule has 0 radical (unpaired) electrons. The van der Waals surface area contributed by atoms with Crippen LogP contribution in [-0.2, 0) is 19.3 Å². The van der Waals surface area contributed by atoms with Crippen LogP contribution in [-0.4, -0.2) is 5.11 Å². The SMILES string of the molecule is CC(C)Cc1cccc(C(O)c2ccc3c(c2)CCC3)c1. The first kappa shape index (κ1) is 14.3. The lowest BCUT2D eigenvalue weighted by Gasteiger charge is -2.15. The predicted molar refractivity (Wildman–Crippen MR) is 87.5 cm³/mol. The Morgan fingerprint density at radius 3 is 2.52 bits per heavy atom. The Labute approximate surface area is 127 Å². The highest BCUT2D eigenvalue weighted by Crippen LogP contribution is 2.29. The predicted octanol–water partition coefficient (Wildman–Crippen LogP) is 4.46. The molecule has 1 unspecified atom stereocenters. The maximum atomic E-state index is 10.7. The number of fused-ring (bicyclic) bond motifs is 1. The van der Waals surface area contributed by atoms with E-state index in [9.17, 15) is 5.11 Å². The molecule has 0 saturated carbocycles. The van der Waals surface area contributed by atoms with Crippen LogP contribution >= 0.6 is 0 Å². The third-order valence-electron chi connectivity index (χ3n) is 4.35. The number of benzene rings is 2. The summed E-state index contributed by atoms with van der Waals surface area (Å²) < 4.78 is 0. The molecule has 0 aromatic heterocycles. The Balaban J connectivity index is 1.86. The summed E-state index contributed by atoms with van der Waals surface area (Å²) in [6.07, 6.45) is 4.14. The van der Waals surface area contributed by atoms with Crippen molar-refractivity contribution in [3.05, 3.63) is 70.3 Å². The van der Waals surface area contributed by atoms with Crippen LogP contribution in [0.5, 0.6) is 0 Å². The van der Waals surface area contributed by atoms with Crippen LogP contribution in [0.1, 0.15) is 54.2 Å². The minimum atomic E-state index is -0.511. The van der Waals surface area contributed by atoms with Gasteiger partial charge in [0.1, 0.15) is 6.10 Å². The van der Waals surface area contributed by atoms with Gasteiger partial charge in [-0.1, -0.05) is 56.3 Å². The molecule has 0 bridgehead atoms. The smallest absolute Gasteiger partial charge is 0.104 e. The molecular weight excluding hydrogens is 256 g/mol. The Kier molecular flexibility index (Phi) is 4.12. The summed E-state index contributed by atoms with van der Waals surface area (Å²) in [5.74, 6) is 0.636. The first-order valence-corrected chi connectivity index (χ1v) is 8.02. The zero-order valence-corrected chi connectivity index (χ0v) is 13.0. The number of aryl methyl sites for hydroxylation is 2. The maximum absolute atomic E-state index is 10.7. The summed E-state index contributed by atoms with van der Waals surface area (Å²) in [7, 11) is 0. The van der Waals surface area contributed by atoms with Gasteiger partial charge in [-0.25, -0.2) is 0 Å². The molecule has 0 aliphatic heterocycles. The van der Waals surface area contributed by atoms with Crippen LogP contribution in [0.4, 0.5) is 0 Å². The molecule has 3 rings (SSSR count). The molecule has 2 aromatic rings. The second-order valence-corrected chi connectivity index (χ2v) is 6.63. The van der Waals surface area contributed by atoms with Gasteiger partial charge in [0.25, 0.3) is 0 Å². The fourth-order valence-electron chi connectivity index (χ4n) is 3.32. The summed E-state index contributed by atoms with van der Waals surface area (Å²) in [6.45, 7) is 4.45. The second-order valence-electron chi connectivity index (χ2n) is 6.63. The van der Waals surface area contributed by atoms with Crippen molar-refractivity contribution in [2.24, 2.45) is 5.92 Å². The van der Waals surface area contributed by atoms with Gasteiger partial charge >= 0.3 is 0 Å². The lowest BCUT2D eigenvalue weighted by Crippen LogP contribution is -2.02. The van der Waals surface area contributed by atoms with Gasteiger partial charge in [0.15, 0.2) is 0 Å². The summed E-state index contributed by atoms with van der Waals surface area (Å²) in [5, 5.41) is 10.7. The van der Waals surface area contributed by atoms with Gasteiger partial charge in [-0.2, -0.15) is 0 Å².